The van der Waals surface area contributed by atoms with Crippen LogP contribution in [0.2, 0.25) is 0 Å². The van der Waals surface area contributed by atoms with Crippen LogP contribution in [0.5, 0.6) is 5.75 Å². The Labute approximate surface area is 138 Å². The van der Waals surface area contributed by atoms with Crippen molar-refractivity contribution in [3.63, 3.8) is 0 Å². The van der Waals surface area contributed by atoms with Gasteiger partial charge >= 0.3 is 6.03 Å². The zero-order valence-electron chi connectivity index (χ0n) is 11.2. The number of carbonyl (C=O) groups is 2. The fourth-order valence-corrected chi connectivity index (χ4v) is 2.27. The number of nitrogens with zero attached hydrogens (tertiary/aromatic N) is 2. The molecule has 0 saturated carbocycles. The van der Waals surface area contributed by atoms with Crippen LogP contribution >= 0.6 is 27.7 Å². The van der Waals surface area contributed by atoms with Gasteiger partial charge in [0, 0.05) is 4.47 Å². The summed E-state index contributed by atoms with van der Waals surface area (Å²) in [5.41, 5.74) is 4.83. The van der Waals surface area contributed by atoms with Crippen molar-refractivity contribution in [2.45, 2.75) is 11.8 Å². The van der Waals surface area contributed by atoms with E-state index in [2.05, 4.69) is 31.1 Å². The summed E-state index contributed by atoms with van der Waals surface area (Å²) in [6.45, 7) is 0.225. The van der Waals surface area contributed by atoms with Crippen molar-refractivity contribution in [2.24, 2.45) is 5.73 Å². The van der Waals surface area contributed by atoms with Crippen LogP contribution in [0.1, 0.15) is 5.82 Å². The maximum absolute atomic E-state index is 11.2. The normalized spacial score (nSPS) is 10.2. The number of halogens is 1. The van der Waals surface area contributed by atoms with E-state index in [1.54, 1.807) is 0 Å². The van der Waals surface area contributed by atoms with E-state index in [4.69, 9.17) is 10.5 Å². The van der Waals surface area contributed by atoms with Crippen molar-refractivity contribution >= 4 is 39.6 Å². The van der Waals surface area contributed by atoms with E-state index in [0.717, 1.165) is 16.2 Å². The number of hydrogen-bond acceptors (Lipinski definition) is 6. The van der Waals surface area contributed by atoms with Gasteiger partial charge in [-0.15, -0.1) is 5.10 Å². The summed E-state index contributed by atoms with van der Waals surface area (Å²) in [6, 6.07) is 6.50. The predicted molar refractivity (Wildman–Crippen MR) is 83.3 cm³/mol. The fraction of sp³-hybridized carbons (Fsp3) is 0.167. The number of H-pyrrole nitrogens is 1. The average molecular weight is 386 g/mol. The first-order chi connectivity index (χ1) is 10.5. The Morgan fingerprint density at radius 1 is 1.36 bits per heavy atom. The summed E-state index contributed by atoms with van der Waals surface area (Å²) in [6.07, 6.45) is 0. The Bertz CT molecular complexity index is 661. The molecule has 4 N–H and O–H groups in total. The molecule has 2 rings (SSSR count). The molecular weight excluding hydrogens is 374 g/mol. The molecule has 1 aromatic heterocycles. The second-order valence-corrected chi connectivity index (χ2v) is 5.87. The van der Waals surface area contributed by atoms with Crippen LogP contribution in [0.25, 0.3) is 0 Å². The molecule has 0 aliphatic carbocycles. The minimum Gasteiger partial charge on any atom is -0.486 e. The highest BCUT2D eigenvalue weighted by atomic mass is 79.9. The summed E-state index contributed by atoms with van der Waals surface area (Å²) in [7, 11) is 0. The third kappa shape index (κ3) is 5.37. The molecular formula is C12H12BrN5O3S. The Morgan fingerprint density at radius 3 is 2.77 bits per heavy atom. The number of urea groups is 1. The standard InChI is InChI=1S/C12H12BrN5O3S/c13-7-1-3-8(4-2-7)21-5-9-15-12(18-17-9)22-6-10(19)16-11(14)20/h1-4H,5-6H2,(H,15,17,18)(H3,14,16,19,20). The monoisotopic (exact) mass is 385 g/mol. The van der Waals surface area contributed by atoms with Crippen LogP contribution < -0.4 is 15.8 Å². The van der Waals surface area contributed by atoms with Crippen molar-refractivity contribution in [3.05, 3.63) is 34.6 Å². The number of ether oxygens (including phenoxy) is 1. The zero-order valence-corrected chi connectivity index (χ0v) is 13.6. The first-order valence-corrected chi connectivity index (χ1v) is 7.82. The van der Waals surface area contributed by atoms with E-state index in [1.807, 2.05) is 29.6 Å². The highest BCUT2D eigenvalue weighted by molar-refractivity contribution is 9.10. The molecule has 0 bridgehead atoms. The summed E-state index contributed by atoms with van der Waals surface area (Å²) >= 11 is 4.42. The van der Waals surface area contributed by atoms with Crippen LogP contribution in [0, 0.1) is 0 Å². The van der Waals surface area contributed by atoms with Gasteiger partial charge in [-0.05, 0) is 24.3 Å². The van der Waals surface area contributed by atoms with Crippen LogP contribution in [0.4, 0.5) is 4.79 Å². The van der Waals surface area contributed by atoms with Crippen LogP contribution in [0.3, 0.4) is 0 Å². The number of nitrogens with two attached hydrogens (primary N) is 1. The van der Waals surface area contributed by atoms with Gasteiger partial charge in [-0.2, -0.15) is 0 Å². The Kier molecular flexibility index (Phi) is 5.78. The van der Waals surface area contributed by atoms with E-state index in [0.29, 0.717) is 16.7 Å². The van der Waals surface area contributed by atoms with Gasteiger partial charge in [0.05, 0.1) is 5.75 Å². The Morgan fingerprint density at radius 2 is 2.09 bits per heavy atom. The maximum Gasteiger partial charge on any atom is 0.318 e. The van der Waals surface area contributed by atoms with Crippen molar-refractivity contribution in [3.8, 4) is 5.75 Å². The van der Waals surface area contributed by atoms with Gasteiger partial charge in [0.2, 0.25) is 11.1 Å². The molecule has 22 heavy (non-hydrogen) atoms. The second-order valence-electron chi connectivity index (χ2n) is 4.01. The largest absolute Gasteiger partial charge is 0.486 e. The number of hydrogen-bond donors (Lipinski definition) is 3. The second kappa shape index (κ2) is 7.80. The lowest BCUT2D eigenvalue weighted by molar-refractivity contribution is -0.117. The number of rotatable bonds is 6. The highest BCUT2D eigenvalue weighted by Crippen LogP contribution is 2.17. The van der Waals surface area contributed by atoms with Crippen molar-refractivity contribution in [1.82, 2.24) is 20.5 Å². The summed E-state index contributed by atoms with van der Waals surface area (Å²) in [4.78, 5) is 25.9. The smallest absolute Gasteiger partial charge is 0.318 e. The summed E-state index contributed by atoms with van der Waals surface area (Å²) in [5.74, 6) is 0.721. The summed E-state index contributed by atoms with van der Waals surface area (Å²) < 4.78 is 6.50. The molecule has 0 fully saturated rings. The maximum atomic E-state index is 11.2. The number of aromatic amines is 1. The molecule has 0 atom stereocenters. The molecule has 1 heterocycles. The molecule has 0 unspecified atom stereocenters. The van der Waals surface area contributed by atoms with Crippen LogP contribution in [-0.4, -0.2) is 32.9 Å². The minimum atomic E-state index is -0.885. The number of imide groups is 1. The Hall–Kier alpha value is -2.07. The van der Waals surface area contributed by atoms with E-state index < -0.39 is 11.9 Å². The predicted octanol–water partition coefficient (Wildman–Crippen LogP) is 1.43. The molecule has 8 nitrogen and oxygen atoms in total. The molecule has 116 valence electrons. The lowest BCUT2D eigenvalue weighted by Gasteiger charge is -2.03. The van der Waals surface area contributed by atoms with Crippen molar-refractivity contribution in [2.75, 3.05) is 5.75 Å². The molecule has 0 aliphatic rings. The quantitative estimate of drug-likeness (QED) is 0.646. The minimum absolute atomic E-state index is 0.00615. The number of carbonyl (C=O) groups excluding carboxylic acids is 2. The topological polar surface area (TPSA) is 123 Å². The van der Waals surface area contributed by atoms with Gasteiger partial charge in [-0.25, -0.2) is 9.78 Å². The first-order valence-electron chi connectivity index (χ1n) is 6.04. The van der Waals surface area contributed by atoms with Gasteiger partial charge in [0.15, 0.2) is 5.82 Å². The third-order valence-corrected chi connectivity index (χ3v) is 3.67. The fourth-order valence-electron chi connectivity index (χ4n) is 1.39. The van der Waals surface area contributed by atoms with Gasteiger partial charge in [-0.3, -0.25) is 15.2 Å². The van der Waals surface area contributed by atoms with Crippen LogP contribution in [-0.2, 0) is 11.4 Å². The lowest BCUT2D eigenvalue weighted by atomic mass is 10.3. The zero-order chi connectivity index (χ0) is 15.9. The van der Waals surface area contributed by atoms with E-state index >= 15 is 0 Å². The average Bonchev–Trinajstić information content (AvgIpc) is 2.92. The van der Waals surface area contributed by atoms with E-state index in [-0.39, 0.29) is 12.4 Å². The highest BCUT2D eigenvalue weighted by Gasteiger charge is 2.09. The molecule has 2 aromatic rings. The lowest BCUT2D eigenvalue weighted by Crippen LogP contribution is -2.36. The molecule has 1 aromatic carbocycles. The number of primary amides is 1. The first kappa shape index (κ1) is 16.3. The number of aromatic nitrogens is 3. The van der Waals surface area contributed by atoms with Gasteiger partial charge in [-0.1, -0.05) is 27.7 Å². The SMILES string of the molecule is NC(=O)NC(=O)CSc1n[nH]c(COc2ccc(Br)cc2)n1. The number of nitrogens with one attached hydrogen (secondary N) is 2. The molecule has 0 saturated heterocycles. The molecule has 3 amide bonds. The van der Waals surface area contributed by atoms with Gasteiger partial charge in [0.1, 0.15) is 12.4 Å². The molecule has 0 spiro atoms. The molecule has 10 heteroatoms. The van der Waals surface area contributed by atoms with Crippen molar-refractivity contribution < 1.29 is 14.3 Å². The Balaban J connectivity index is 1.80. The third-order valence-electron chi connectivity index (χ3n) is 2.30. The van der Waals surface area contributed by atoms with Crippen molar-refractivity contribution in [1.29, 1.82) is 0 Å². The number of thioether (sulfide) groups is 1. The van der Waals surface area contributed by atoms with Gasteiger partial charge < -0.3 is 10.5 Å². The van der Waals surface area contributed by atoms with Gasteiger partial charge in [0.25, 0.3) is 0 Å². The number of benzene rings is 1. The molecule has 0 aliphatic heterocycles. The number of amides is 3. The van der Waals surface area contributed by atoms with E-state index in [1.165, 1.54) is 0 Å². The van der Waals surface area contributed by atoms with E-state index in [9.17, 15) is 9.59 Å². The van der Waals surface area contributed by atoms with Crippen LogP contribution in [0.15, 0.2) is 33.9 Å². The molecule has 0 radical (unpaired) electrons. The summed E-state index contributed by atoms with van der Waals surface area (Å²) in [5, 5.41) is 8.99.